The molecule has 2 atom stereocenters. The molecule has 3 heterocycles. The SMILES string of the molecule is COc1ccc(N2C(=O)[C@H]3C(c4cccnc4)=NO[C@@H]3C2=O)cc1. The van der Waals surface area contributed by atoms with Crippen LogP contribution in [-0.2, 0) is 14.4 Å². The first-order valence-electron chi connectivity index (χ1n) is 7.36. The summed E-state index contributed by atoms with van der Waals surface area (Å²) in [5, 5.41) is 3.94. The zero-order valence-corrected chi connectivity index (χ0v) is 12.7. The number of hydrogen-bond acceptors (Lipinski definition) is 6. The van der Waals surface area contributed by atoms with Crippen molar-refractivity contribution in [2.75, 3.05) is 12.0 Å². The number of benzene rings is 1. The van der Waals surface area contributed by atoms with E-state index in [2.05, 4.69) is 10.1 Å². The van der Waals surface area contributed by atoms with E-state index in [9.17, 15) is 9.59 Å². The smallest absolute Gasteiger partial charge is 0.278 e. The molecule has 7 heteroatoms. The van der Waals surface area contributed by atoms with Crippen molar-refractivity contribution in [2.45, 2.75) is 6.10 Å². The number of anilines is 1. The largest absolute Gasteiger partial charge is 0.497 e. The van der Waals surface area contributed by atoms with E-state index in [0.717, 1.165) is 4.90 Å². The van der Waals surface area contributed by atoms with Crippen LogP contribution in [0.2, 0.25) is 0 Å². The molecule has 1 aromatic carbocycles. The van der Waals surface area contributed by atoms with Crippen LogP contribution in [0.3, 0.4) is 0 Å². The number of ether oxygens (including phenoxy) is 1. The van der Waals surface area contributed by atoms with Crippen LogP contribution in [0.5, 0.6) is 5.75 Å². The molecule has 0 radical (unpaired) electrons. The van der Waals surface area contributed by atoms with Gasteiger partial charge < -0.3 is 9.57 Å². The molecule has 0 bridgehead atoms. The minimum absolute atomic E-state index is 0.352. The van der Waals surface area contributed by atoms with Crippen LogP contribution in [0.15, 0.2) is 53.9 Å². The minimum Gasteiger partial charge on any atom is -0.497 e. The monoisotopic (exact) mass is 323 g/mol. The number of aromatic nitrogens is 1. The van der Waals surface area contributed by atoms with E-state index in [1.807, 2.05) is 0 Å². The van der Waals surface area contributed by atoms with E-state index >= 15 is 0 Å². The summed E-state index contributed by atoms with van der Waals surface area (Å²) >= 11 is 0. The van der Waals surface area contributed by atoms with E-state index in [1.165, 1.54) is 0 Å². The van der Waals surface area contributed by atoms with Crippen LogP contribution >= 0.6 is 0 Å². The van der Waals surface area contributed by atoms with Gasteiger partial charge in [0.1, 0.15) is 17.4 Å². The molecule has 2 aliphatic heterocycles. The van der Waals surface area contributed by atoms with Gasteiger partial charge in [0.25, 0.3) is 5.91 Å². The Kier molecular flexibility index (Phi) is 3.26. The van der Waals surface area contributed by atoms with Crippen molar-refractivity contribution in [3.63, 3.8) is 0 Å². The van der Waals surface area contributed by atoms with Gasteiger partial charge >= 0.3 is 0 Å². The highest BCUT2D eigenvalue weighted by Gasteiger charge is 2.56. The molecule has 0 N–H and O–H groups in total. The molecular formula is C17H13N3O4. The zero-order valence-electron chi connectivity index (χ0n) is 12.7. The highest BCUT2D eigenvalue weighted by molar-refractivity contribution is 6.32. The number of methoxy groups -OCH3 is 1. The average molecular weight is 323 g/mol. The molecule has 0 aliphatic carbocycles. The first-order chi connectivity index (χ1) is 11.7. The Morgan fingerprint density at radius 3 is 2.58 bits per heavy atom. The number of imide groups is 1. The van der Waals surface area contributed by atoms with Crippen molar-refractivity contribution in [2.24, 2.45) is 11.1 Å². The number of fused-ring (bicyclic) bond motifs is 1. The number of carbonyl (C=O) groups excluding carboxylic acids is 2. The maximum absolute atomic E-state index is 12.8. The standard InChI is InChI=1S/C17H13N3O4/c1-23-12-6-4-11(5-7-12)20-16(21)13-14(10-3-2-8-18-9-10)19-24-15(13)17(20)22/h2-9,13,15H,1H3/t13-,15-/m0/s1. The maximum Gasteiger partial charge on any atom is 0.278 e. The topological polar surface area (TPSA) is 81.1 Å². The normalized spacial score (nSPS) is 22.2. The number of nitrogens with zero attached hydrogens (tertiary/aromatic N) is 3. The number of amides is 2. The third-order valence-corrected chi connectivity index (χ3v) is 4.10. The van der Waals surface area contributed by atoms with E-state index < -0.39 is 17.9 Å². The van der Waals surface area contributed by atoms with Gasteiger partial charge in [0.05, 0.1) is 12.8 Å². The molecule has 2 amide bonds. The summed E-state index contributed by atoms with van der Waals surface area (Å²) in [5.74, 6) is -0.872. The van der Waals surface area contributed by atoms with E-state index in [4.69, 9.17) is 9.57 Å². The van der Waals surface area contributed by atoms with Crippen molar-refractivity contribution in [1.29, 1.82) is 0 Å². The van der Waals surface area contributed by atoms with Crippen LogP contribution in [0.25, 0.3) is 0 Å². The van der Waals surface area contributed by atoms with Gasteiger partial charge in [0.2, 0.25) is 12.0 Å². The number of oxime groups is 1. The van der Waals surface area contributed by atoms with Gasteiger partial charge in [-0.2, -0.15) is 0 Å². The van der Waals surface area contributed by atoms with Crippen molar-refractivity contribution in [3.8, 4) is 5.75 Å². The molecule has 0 saturated carbocycles. The van der Waals surface area contributed by atoms with Crippen molar-refractivity contribution in [1.82, 2.24) is 4.98 Å². The van der Waals surface area contributed by atoms with Gasteiger partial charge in [-0.3, -0.25) is 14.6 Å². The van der Waals surface area contributed by atoms with Crippen molar-refractivity contribution in [3.05, 3.63) is 54.4 Å². The number of carbonyl (C=O) groups is 2. The summed E-state index contributed by atoms with van der Waals surface area (Å²) in [6.07, 6.45) is 2.30. The highest BCUT2D eigenvalue weighted by atomic mass is 16.6. The third kappa shape index (κ3) is 2.05. The van der Waals surface area contributed by atoms with Gasteiger partial charge in [-0.05, 0) is 36.4 Å². The lowest BCUT2D eigenvalue weighted by atomic mass is 9.95. The summed E-state index contributed by atoms with van der Waals surface area (Å²) in [4.78, 5) is 35.8. The van der Waals surface area contributed by atoms with E-state index in [0.29, 0.717) is 22.7 Å². The fourth-order valence-corrected chi connectivity index (χ4v) is 2.92. The lowest BCUT2D eigenvalue weighted by Crippen LogP contribution is -2.33. The average Bonchev–Trinajstić information content (AvgIpc) is 3.17. The quantitative estimate of drug-likeness (QED) is 0.797. The molecule has 1 aromatic heterocycles. The molecule has 0 spiro atoms. The van der Waals surface area contributed by atoms with Gasteiger partial charge in [-0.15, -0.1) is 0 Å². The van der Waals surface area contributed by atoms with Gasteiger partial charge in [-0.1, -0.05) is 5.16 Å². The van der Waals surface area contributed by atoms with Crippen LogP contribution in [0.4, 0.5) is 5.69 Å². The lowest BCUT2D eigenvalue weighted by Gasteiger charge is -2.15. The lowest BCUT2D eigenvalue weighted by molar-refractivity contribution is -0.126. The predicted octanol–water partition coefficient (Wildman–Crippen LogP) is 1.38. The van der Waals surface area contributed by atoms with Gasteiger partial charge in [0.15, 0.2) is 0 Å². The van der Waals surface area contributed by atoms with Crippen LogP contribution in [-0.4, -0.2) is 35.7 Å². The minimum atomic E-state index is -0.921. The number of rotatable bonds is 3. The molecule has 2 aromatic rings. The van der Waals surface area contributed by atoms with Crippen molar-refractivity contribution >= 4 is 23.2 Å². The Morgan fingerprint density at radius 1 is 1.12 bits per heavy atom. The highest BCUT2D eigenvalue weighted by Crippen LogP contribution is 2.35. The Morgan fingerprint density at radius 2 is 1.92 bits per heavy atom. The van der Waals surface area contributed by atoms with E-state index in [1.54, 1.807) is 55.9 Å². The van der Waals surface area contributed by atoms with Gasteiger partial charge in [0, 0.05) is 18.0 Å². The Balaban J connectivity index is 1.68. The van der Waals surface area contributed by atoms with Crippen LogP contribution in [0, 0.1) is 5.92 Å². The summed E-state index contributed by atoms with van der Waals surface area (Å²) < 4.78 is 5.10. The molecule has 24 heavy (non-hydrogen) atoms. The van der Waals surface area contributed by atoms with E-state index in [-0.39, 0.29) is 5.91 Å². The first-order valence-corrected chi connectivity index (χ1v) is 7.36. The first kappa shape index (κ1) is 14.4. The number of pyridine rings is 1. The molecule has 7 nitrogen and oxygen atoms in total. The second-order valence-corrected chi connectivity index (χ2v) is 5.43. The Hall–Kier alpha value is -3.22. The zero-order chi connectivity index (χ0) is 16.7. The fourth-order valence-electron chi connectivity index (χ4n) is 2.92. The van der Waals surface area contributed by atoms with Gasteiger partial charge in [-0.25, -0.2) is 4.90 Å². The summed E-state index contributed by atoms with van der Waals surface area (Å²) in [6.45, 7) is 0. The maximum atomic E-state index is 12.8. The summed E-state index contributed by atoms with van der Waals surface area (Å²) in [7, 11) is 1.55. The van der Waals surface area contributed by atoms with Crippen LogP contribution in [0.1, 0.15) is 5.56 Å². The molecule has 1 saturated heterocycles. The molecule has 120 valence electrons. The number of hydrogen-bond donors (Lipinski definition) is 0. The predicted molar refractivity (Wildman–Crippen MR) is 84.6 cm³/mol. The summed E-state index contributed by atoms with van der Waals surface area (Å²) in [5.41, 5.74) is 1.58. The molecular weight excluding hydrogens is 310 g/mol. The summed E-state index contributed by atoms with van der Waals surface area (Å²) in [6, 6.07) is 10.2. The molecule has 0 unspecified atom stereocenters. The van der Waals surface area contributed by atoms with Crippen LogP contribution < -0.4 is 9.64 Å². The molecule has 4 rings (SSSR count). The Labute approximate surface area is 137 Å². The molecule has 1 fully saturated rings. The molecule has 2 aliphatic rings. The third-order valence-electron chi connectivity index (χ3n) is 4.10. The second kappa shape index (κ2) is 5.45. The van der Waals surface area contributed by atoms with Crippen molar-refractivity contribution < 1.29 is 19.2 Å². The fraction of sp³-hybridized carbons (Fsp3) is 0.176. The second-order valence-electron chi connectivity index (χ2n) is 5.43. The Bertz CT molecular complexity index is 833.